The molecule has 17 heavy (non-hydrogen) atoms. The monoisotopic (exact) mass is 278 g/mol. The zero-order chi connectivity index (χ0) is 13.3. The lowest BCUT2D eigenvalue weighted by Crippen LogP contribution is -2.17. The molecule has 0 saturated carbocycles. The minimum Gasteiger partial charge on any atom is -0.465 e. The van der Waals surface area contributed by atoms with Crippen molar-refractivity contribution >= 4 is 27.6 Å². The summed E-state index contributed by atoms with van der Waals surface area (Å²) in [5.74, 6) is 2.68. The minimum atomic E-state index is -0.101. The Labute approximate surface area is 114 Å². The smallest absolute Gasteiger partial charge is 0.305 e. The second-order valence-electron chi connectivity index (χ2n) is 5.42. The molecule has 0 bridgehead atoms. The number of carbonyl (C=O) groups is 1. The molecule has 4 heteroatoms. The molecular weight excluding hydrogens is 252 g/mol. The molecule has 0 rings (SSSR count). The van der Waals surface area contributed by atoms with Gasteiger partial charge in [0.1, 0.15) is 6.61 Å². The van der Waals surface area contributed by atoms with Gasteiger partial charge in [0.15, 0.2) is 0 Å². The molecule has 0 heterocycles. The van der Waals surface area contributed by atoms with Crippen LogP contribution in [0.2, 0.25) is 0 Å². The van der Waals surface area contributed by atoms with E-state index in [1.807, 2.05) is 17.7 Å². The number of hydrogen-bond donors (Lipinski definition) is 0. The number of rotatable bonds is 9. The first kappa shape index (κ1) is 17.2. The van der Waals surface area contributed by atoms with Crippen LogP contribution in [0, 0.1) is 11.3 Å². The topological polar surface area (TPSA) is 26.3 Å². The maximum absolute atomic E-state index is 10.9. The van der Waals surface area contributed by atoms with Gasteiger partial charge in [-0.25, -0.2) is 0 Å². The zero-order valence-corrected chi connectivity index (χ0v) is 13.4. The Balaban J connectivity index is 3.47. The molecule has 0 amide bonds. The summed E-state index contributed by atoms with van der Waals surface area (Å²) in [6.07, 6.45) is 1.73. The van der Waals surface area contributed by atoms with Crippen molar-refractivity contribution in [3.63, 3.8) is 0 Å². The molecule has 0 aliphatic rings. The van der Waals surface area contributed by atoms with Crippen LogP contribution in [0.5, 0.6) is 0 Å². The highest BCUT2D eigenvalue weighted by Gasteiger charge is 2.19. The van der Waals surface area contributed by atoms with Gasteiger partial charge in [-0.2, -0.15) is 0 Å². The molecule has 102 valence electrons. The van der Waals surface area contributed by atoms with Crippen molar-refractivity contribution in [2.75, 3.05) is 18.1 Å². The predicted octanol–water partition coefficient (Wildman–Crippen LogP) is 4.39. The van der Waals surface area contributed by atoms with Crippen LogP contribution < -0.4 is 0 Å². The van der Waals surface area contributed by atoms with Crippen LogP contribution in [0.3, 0.4) is 0 Å². The van der Waals surface area contributed by atoms with Crippen molar-refractivity contribution in [3.8, 4) is 0 Å². The van der Waals surface area contributed by atoms with E-state index in [1.165, 1.54) is 6.42 Å². The van der Waals surface area contributed by atoms with Crippen LogP contribution in [0.25, 0.3) is 0 Å². The first-order chi connectivity index (χ1) is 7.87. The molecule has 0 aliphatic heterocycles. The number of ether oxygens (including phenoxy) is 1. The third-order valence-electron chi connectivity index (χ3n) is 2.21. The van der Waals surface area contributed by atoms with Crippen LogP contribution in [0.4, 0.5) is 0 Å². The van der Waals surface area contributed by atoms with Gasteiger partial charge in [-0.15, -0.1) is 0 Å². The lowest BCUT2D eigenvalue weighted by atomic mass is 9.86. The minimum absolute atomic E-state index is 0.101. The van der Waals surface area contributed by atoms with Crippen LogP contribution in [0.1, 0.15) is 47.5 Å². The first-order valence-electron chi connectivity index (χ1n) is 6.27. The molecular formula is C13H26O2S2. The highest BCUT2D eigenvalue weighted by molar-refractivity contribution is 8.76. The molecule has 0 N–H and O–H groups in total. The Kier molecular flexibility index (Phi) is 9.24. The van der Waals surface area contributed by atoms with Gasteiger partial charge < -0.3 is 4.74 Å². The van der Waals surface area contributed by atoms with E-state index in [-0.39, 0.29) is 5.97 Å². The Morgan fingerprint density at radius 2 is 1.94 bits per heavy atom. The lowest BCUT2D eigenvalue weighted by Gasteiger charge is -2.25. The summed E-state index contributed by atoms with van der Waals surface area (Å²) in [5, 5.41) is 0. The average Bonchev–Trinajstić information content (AvgIpc) is 2.20. The molecule has 0 aromatic heterocycles. The summed E-state index contributed by atoms with van der Waals surface area (Å²) < 4.78 is 5.01. The van der Waals surface area contributed by atoms with Gasteiger partial charge in [0, 0.05) is 17.9 Å². The van der Waals surface area contributed by atoms with E-state index < -0.39 is 0 Å². The van der Waals surface area contributed by atoms with Gasteiger partial charge in [0.2, 0.25) is 0 Å². The summed E-state index contributed by atoms with van der Waals surface area (Å²) in [4.78, 5) is 10.9. The SMILES string of the molecule is CCC(=O)OCCSSCC(C)(C)CC(C)C. The maximum atomic E-state index is 10.9. The van der Waals surface area contributed by atoms with E-state index >= 15 is 0 Å². The molecule has 0 aromatic rings. The molecule has 0 aliphatic carbocycles. The molecule has 0 atom stereocenters. The van der Waals surface area contributed by atoms with E-state index in [2.05, 4.69) is 27.7 Å². The largest absolute Gasteiger partial charge is 0.465 e. The zero-order valence-electron chi connectivity index (χ0n) is 11.7. The summed E-state index contributed by atoms with van der Waals surface area (Å²) in [7, 11) is 3.69. The molecule has 0 fully saturated rings. The summed E-state index contributed by atoms with van der Waals surface area (Å²) in [6.45, 7) is 11.5. The third-order valence-corrected chi connectivity index (χ3v) is 4.97. The molecule has 0 unspecified atom stereocenters. The van der Waals surface area contributed by atoms with Crippen LogP contribution >= 0.6 is 21.6 Å². The van der Waals surface area contributed by atoms with E-state index in [9.17, 15) is 4.79 Å². The van der Waals surface area contributed by atoms with Crippen LogP contribution in [-0.2, 0) is 9.53 Å². The van der Waals surface area contributed by atoms with E-state index in [4.69, 9.17) is 4.74 Å². The molecule has 0 spiro atoms. The fourth-order valence-corrected chi connectivity index (χ4v) is 4.27. The van der Waals surface area contributed by atoms with Crippen LogP contribution in [-0.4, -0.2) is 24.1 Å². The van der Waals surface area contributed by atoms with Crippen molar-refractivity contribution in [3.05, 3.63) is 0 Å². The second-order valence-corrected chi connectivity index (χ2v) is 8.00. The molecule has 0 saturated heterocycles. The standard InChI is InChI=1S/C13H26O2S2/c1-6-12(14)15-7-8-16-17-10-13(4,5)9-11(2)3/h11H,6-10H2,1-5H3. The lowest BCUT2D eigenvalue weighted by molar-refractivity contribution is -0.142. The van der Waals surface area contributed by atoms with E-state index in [1.54, 1.807) is 10.8 Å². The Bertz CT molecular complexity index is 215. The summed E-state index contributed by atoms with van der Waals surface area (Å²) in [5.41, 5.74) is 0.395. The van der Waals surface area contributed by atoms with Crippen molar-refractivity contribution in [2.45, 2.75) is 47.5 Å². The highest BCUT2D eigenvalue weighted by atomic mass is 33.1. The maximum Gasteiger partial charge on any atom is 0.305 e. The van der Waals surface area contributed by atoms with Gasteiger partial charge in [-0.3, -0.25) is 4.79 Å². The van der Waals surface area contributed by atoms with Crippen molar-refractivity contribution in [1.29, 1.82) is 0 Å². The number of esters is 1. The van der Waals surface area contributed by atoms with Crippen molar-refractivity contribution in [1.82, 2.24) is 0 Å². The van der Waals surface area contributed by atoms with E-state index in [0.717, 1.165) is 17.4 Å². The first-order valence-corrected chi connectivity index (χ1v) is 8.76. The molecule has 0 aromatic carbocycles. The van der Waals surface area contributed by atoms with Gasteiger partial charge >= 0.3 is 5.97 Å². The van der Waals surface area contributed by atoms with Gasteiger partial charge in [0.05, 0.1) is 0 Å². The quantitative estimate of drug-likeness (QED) is 0.355. The van der Waals surface area contributed by atoms with Gasteiger partial charge in [-0.05, 0) is 17.8 Å². The van der Waals surface area contributed by atoms with Gasteiger partial charge in [0.25, 0.3) is 0 Å². The predicted molar refractivity (Wildman–Crippen MR) is 79.4 cm³/mol. The number of carbonyl (C=O) groups excluding carboxylic acids is 1. The number of hydrogen-bond acceptors (Lipinski definition) is 4. The normalized spacial score (nSPS) is 11.9. The Morgan fingerprint density at radius 3 is 2.47 bits per heavy atom. The molecule has 2 nitrogen and oxygen atoms in total. The summed E-state index contributed by atoms with van der Waals surface area (Å²) >= 11 is 0. The Hall–Kier alpha value is 0.170. The fourth-order valence-electron chi connectivity index (χ4n) is 1.72. The summed E-state index contributed by atoms with van der Waals surface area (Å²) in [6, 6.07) is 0. The van der Waals surface area contributed by atoms with Crippen molar-refractivity contribution in [2.24, 2.45) is 11.3 Å². The van der Waals surface area contributed by atoms with Crippen molar-refractivity contribution < 1.29 is 9.53 Å². The second kappa shape index (κ2) is 9.15. The fraction of sp³-hybridized carbons (Fsp3) is 0.923. The third kappa shape index (κ3) is 11.0. The average molecular weight is 278 g/mol. The highest BCUT2D eigenvalue weighted by Crippen LogP contribution is 2.34. The van der Waals surface area contributed by atoms with E-state index in [0.29, 0.717) is 18.4 Å². The van der Waals surface area contributed by atoms with Crippen LogP contribution in [0.15, 0.2) is 0 Å². The van der Waals surface area contributed by atoms with Gasteiger partial charge in [-0.1, -0.05) is 56.2 Å². The Morgan fingerprint density at radius 1 is 1.29 bits per heavy atom. The molecule has 0 radical (unpaired) electrons.